The highest BCUT2D eigenvalue weighted by Crippen LogP contribution is 2.29. The number of hydrogen-bond acceptors (Lipinski definition) is 8. The van der Waals surface area contributed by atoms with Gasteiger partial charge in [-0.15, -0.1) is 0 Å². The second-order valence-corrected chi connectivity index (χ2v) is 7.79. The molecule has 33 heavy (non-hydrogen) atoms. The third kappa shape index (κ3) is 8.56. The van der Waals surface area contributed by atoms with Crippen LogP contribution in [-0.4, -0.2) is 48.6 Å². The van der Waals surface area contributed by atoms with Crippen molar-refractivity contribution >= 4 is 11.9 Å². The van der Waals surface area contributed by atoms with Crippen LogP contribution in [0.2, 0.25) is 0 Å². The molecule has 2 rings (SSSR count). The minimum Gasteiger partial charge on any atom is -0.504 e. The van der Waals surface area contributed by atoms with Crippen molar-refractivity contribution in [3.05, 3.63) is 47.5 Å². The topological polar surface area (TPSA) is 112 Å². The fraction of sp³-hybridized carbons (Fsp3) is 0.440. The van der Waals surface area contributed by atoms with Gasteiger partial charge in [0.25, 0.3) is 0 Å². The van der Waals surface area contributed by atoms with Crippen LogP contribution in [0.3, 0.4) is 0 Å². The molecule has 0 radical (unpaired) electrons. The molecule has 2 aromatic carbocycles. The number of hydrogen-bond donors (Lipinski definition) is 2. The van der Waals surface area contributed by atoms with Crippen molar-refractivity contribution in [1.82, 2.24) is 0 Å². The SMILES string of the molecule is COc1cc(CC[C@H](C[C@H](CCc2ccc(O)c(OC)c2)OC(C)=O)OC(C)=O)ccc1O. The zero-order valence-electron chi connectivity index (χ0n) is 19.5. The smallest absolute Gasteiger partial charge is 0.302 e. The highest BCUT2D eigenvalue weighted by molar-refractivity contribution is 5.66. The molecule has 180 valence electrons. The van der Waals surface area contributed by atoms with Gasteiger partial charge in [0.1, 0.15) is 12.2 Å². The fourth-order valence-electron chi connectivity index (χ4n) is 3.62. The maximum absolute atomic E-state index is 11.7. The molecular weight excluding hydrogens is 428 g/mol. The van der Waals surface area contributed by atoms with Crippen molar-refractivity contribution in [2.75, 3.05) is 14.2 Å². The molecule has 0 aliphatic carbocycles. The van der Waals surface area contributed by atoms with E-state index in [9.17, 15) is 19.8 Å². The number of aromatic hydroxyl groups is 2. The molecule has 8 nitrogen and oxygen atoms in total. The second-order valence-electron chi connectivity index (χ2n) is 7.79. The van der Waals surface area contributed by atoms with E-state index in [0.717, 1.165) is 11.1 Å². The summed E-state index contributed by atoms with van der Waals surface area (Å²) in [5.74, 6) is 0.0377. The first-order chi connectivity index (χ1) is 15.7. The Bertz CT molecular complexity index is 864. The summed E-state index contributed by atoms with van der Waals surface area (Å²) in [7, 11) is 2.96. The number of carbonyl (C=O) groups is 2. The van der Waals surface area contributed by atoms with Gasteiger partial charge in [-0.3, -0.25) is 9.59 Å². The number of esters is 2. The second kappa shape index (κ2) is 12.6. The van der Waals surface area contributed by atoms with Crippen LogP contribution in [0.1, 0.15) is 44.2 Å². The van der Waals surface area contributed by atoms with Crippen LogP contribution in [-0.2, 0) is 31.9 Å². The summed E-state index contributed by atoms with van der Waals surface area (Å²) in [6.07, 6.45) is 1.62. The molecule has 0 heterocycles. The summed E-state index contributed by atoms with van der Waals surface area (Å²) in [5, 5.41) is 19.5. The van der Waals surface area contributed by atoms with Crippen molar-refractivity contribution in [2.24, 2.45) is 0 Å². The summed E-state index contributed by atoms with van der Waals surface area (Å²) < 4.78 is 21.3. The Hall–Kier alpha value is -3.42. The quantitative estimate of drug-likeness (QED) is 0.458. The first-order valence-electron chi connectivity index (χ1n) is 10.8. The van der Waals surface area contributed by atoms with Gasteiger partial charge < -0.3 is 29.2 Å². The van der Waals surface area contributed by atoms with Gasteiger partial charge in [0, 0.05) is 20.3 Å². The van der Waals surface area contributed by atoms with Gasteiger partial charge in [-0.25, -0.2) is 0 Å². The molecule has 2 aromatic rings. The van der Waals surface area contributed by atoms with Gasteiger partial charge in [0.2, 0.25) is 0 Å². The van der Waals surface area contributed by atoms with E-state index in [2.05, 4.69) is 0 Å². The Morgan fingerprint density at radius 3 is 1.48 bits per heavy atom. The molecule has 0 bridgehead atoms. The number of phenolic OH excluding ortho intramolecular Hbond substituents is 2. The minimum atomic E-state index is -0.457. The number of ether oxygens (including phenoxy) is 4. The third-order valence-corrected chi connectivity index (χ3v) is 5.19. The maximum Gasteiger partial charge on any atom is 0.302 e. The predicted molar refractivity (Wildman–Crippen MR) is 122 cm³/mol. The van der Waals surface area contributed by atoms with Crippen LogP contribution in [0.15, 0.2) is 36.4 Å². The molecule has 2 atom stereocenters. The van der Waals surface area contributed by atoms with Crippen molar-refractivity contribution in [1.29, 1.82) is 0 Å². The van der Waals surface area contributed by atoms with Crippen LogP contribution in [0.25, 0.3) is 0 Å². The van der Waals surface area contributed by atoms with Crippen LogP contribution < -0.4 is 9.47 Å². The number of rotatable bonds is 12. The molecule has 2 N–H and O–H groups in total. The van der Waals surface area contributed by atoms with Gasteiger partial charge in [-0.1, -0.05) is 12.1 Å². The van der Waals surface area contributed by atoms with Crippen LogP contribution in [0.4, 0.5) is 0 Å². The molecule has 0 aliphatic heterocycles. The van der Waals surface area contributed by atoms with Crippen molar-refractivity contribution < 1.29 is 38.7 Å². The monoisotopic (exact) mass is 460 g/mol. The molecule has 0 amide bonds. The number of aryl methyl sites for hydroxylation is 2. The van der Waals surface area contributed by atoms with E-state index in [1.807, 2.05) is 0 Å². The minimum absolute atomic E-state index is 0.0542. The van der Waals surface area contributed by atoms with E-state index in [1.165, 1.54) is 28.1 Å². The summed E-state index contributed by atoms with van der Waals surface area (Å²) >= 11 is 0. The molecule has 0 unspecified atom stereocenters. The van der Waals surface area contributed by atoms with Gasteiger partial charge >= 0.3 is 11.9 Å². The van der Waals surface area contributed by atoms with E-state index in [-0.39, 0.29) is 11.5 Å². The van der Waals surface area contributed by atoms with E-state index in [1.54, 1.807) is 36.4 Å². The molecule has 0 fully saturated rings. The lowest BCUT2D eigenvalue weighted by Gasteiger charge is -2.24. The van der Waals surface area contributed by atoms with Gasteiger partial charge in [-0.2, -0.15) is 0 Å². The van der Waals surface area contributed by atoms with Gasteiger partial charge in [0.05, 0.1) is 14.2 Å². The lowest BCUT2D eigenvalue weighted by molar-refractivity contribution is -0.153. The van der Waals surface area contributed by atoms with Crippen LogP contribution in [0.5, 0.6) is 23.0 Å². The first kappa shape index (κ1) is 25.8. The predicted octanol–water partition coefficient (Wildman–Crippen LogP) is 3.93. The molecule has 0 aromatic heterocycles. The largest absolute Gasteiger partial charge is 0.504 e. The molecule has 8 heteroatoms. The summed E-state index contributed by atoms with van der Waals surface area (Å²) in [4.78, 5) is 23.4. The summed E-state index contributed by atoms with van der Waals surface area (Å²) in [6.45, 7) is 2.69. The Kier molecular flexibility index (Phi) is 9.84. The number of phenols is 2. The Balaban J connectivity index is 2.07. The molecule has 0 spiro atoms. The van der Waals surface area contributed by atoms with E-state index in [0.29, 0.717) is 43.6 Å². The normalized spacial score (nSPS) is 12.5. The first-order valence-corrected chi connectivity index (χ1v) is 10.8. The molecule has 0 aliphatic rings. The van der Waals surface area contributed by atoms with Crippen LogP contribution in [0, 0.1) is 0 Å². The van der Waals surface area contributed by atoms with Crippen LogP contribution >= 0.6 is 0 Å². The average molecular weight is 461 g/mol. The number of methoxy groups -OCH3 is 2. The standard InChI is InChI=1S/C25H32O8/c1-16(26)32-20(9-5-18-7-11-22(28)24(13-18)30-3)15-21(33-17(2)27)10-6-19-8-12-23(29)25(14-19)31-4/h7-8,11-14,20-21,28-29H,5-6,9-10,15H2,1-4H3/t20-,21+. The third-order valence-electron chi connectivity index (χ3n) is 5.19. The molecular formula is C25H32O8. The van der Waals surface area contributed by atoms with E-state index in [4.69, 9.17) is 18.9 Å². The fourth-order valence-corrected chi connectivity index (χ4v) is 3.62. The Labute approximate surface area is 194 Å². The lowest BCUT2D eigenvalue weighted by Crippen LogP contribution is -2.27. The van der Waals surface area contributed by atoms with E-state index >= 15 is 0 Å². The lowest BCUT2D eigenvalue weighted by atomic mass is 9.98. The number of carbonyl (C=O) groups excluding carboxylic acids is 2. The summed E-state index contributed by atoms with van der Waals surface area (Å²) in [6, 6.07) is 10.2. The highest BCUT2D eigenvalue weighted by Gasteiger charge is 2.22. The van der Waals surface area contributed by atoms with Crippen molar-refractivity contribution in [2.45, 2.75) is 58.2 Å². The molecule has 0 saturated heterocycles. The molecule has 0 saturated carbocycles. The zero-order chi connectivity index (χ0) is 24.4. The van der Waals surface area contributed by atoms with Crippen molar-refractivity contribution in [3.8, 4) is 23.0 Å². The van der Waals surface area contributed by atoms with E-state index < -0.39 is 24.1 Å². The summed E-state index contributed by atoms with van der Waals surface area (Å²) in [5.41, 5.74) is 1.84. The Morgan fingerprint density at radius 2 is 1.15 bits per heavy atom. The van der Waals surface area contributed by atoms with Crippen molar-refractivity contribution in [3.63, 3.8) is 0 Å². The zero-order valence-corrected chi connectivity index (χ0v) is 19.5. The number of benzene rings is 2. The average Bonchev–Trinajstić information content (AvgIpc) is 2.76. The highest BCUT2D eigenvalue weighted by atomic mass is 16.6. The van der Waals surface area contributed by atoms with Gasteiger partial charge in [0.15, 0.2) is 23.0 Å². The maximum atomic E-state index is 11.7. The van der Waals surface area contributed by atoms with Gasteiger partial charge in [-0.05, 0) is 61.1 Å². The Morgan fingerprint density at radius 1 is 0.758 bits per heavy atom.